The van der Waals surface area contributed by atoms with E-state index in [2.05, 4.69) is 4.98 Å². The summed E-state index contributed by atoms with van der Waals surface area (Å²) in [5, 5.41) is 0. The van der Waals surface area contributed by atoms with Gasteiger partial charge in [0.1, 0.15) is 5.82 Å². The van der Waals surface area contributed by atoms with Crippen molar-refractivity contribution in [3.05, 3.63) is 42.2 Å². The number of halogens is 1. The molecule has 1 heterocycles. The zero-order chi connectivity index (χ0) is 9.97. The van der Waals surface area contributed by atoms with Gasteiger partial charge in [0.05, 0.1) is 12.7 Å². The summed E-state index contributed by atoms with van der Waals surface area (Å²) in [5.41, 5.74) is 6.14. The van der Waals surface area contributed by atoms with Gasteiger partial charge in [0.15, 0.2) is 5.76 Å². The lowest BCUT2D eigenvalue weighted by molar-refractivity contribution is 0.509. The van der Waals surface area contributed by atoms with E-state index in [0.717, 1.165) is 5.56 Å². The molecule has 0 saturated carbocycles. The van der Waals surface area contributed by atoms with Gasteiger partial charge in [0.2, 0.25) is 5.89 Å². The Bertz CT molecular complexity index is 422. The summed E-state index contributed by atoms with van der Waals surface area (Å²) in [7, 11) is 0. The predicted molar refractivity (Wildman–Crippen MR) is 49.8 cm³/mol. The lowest BCUT2D eigenvalue weighted by Gasteiger charge is -1.94. The molecule has 1 aromatic heterocycles. The summed E-state index contributed by atoms with van der Waals surface area (Å²) in [6, 6.07) is 6.02. The van der Waals surface area contributed by atoms with Crippen LogP contribution in [0.4, 0.5) is 4.39 Å². The molecular formula is C10H9FN2O. The summed E-state index contributed by atoms with van der Waals surface area (Å²) in [4.78, 5) is 3.95. The van der Waals surface area contributed by atoms with Crippen LogP contribution in [0, 0.1) is 5.82 Å². The number of oxazole rings is 1. The average Bonchev–Trinajstić information content (AvgIpc) is 2.67. The highest BCUT2D eigenvalue weighted by atomic mass is 19.1. The van der Waals surface area contributed by atoms with Crippen molar-refractivity contribution in [2.45, 2.75) is 6.54 Å². The van der Waals surface area contributed by atoms with Crippen molar-refractivity contribution in [3.63, 3.8) is 0 Å². The molecule has 0 atom stereocenters. The summed E-state index contributed by atoms with van der Waals surface area (Å²) in [6.45, 7) is 0.265. The van der Waals surface area contributed by atoms with Crippen LogP contribution < -0.4 is 5.73 Å². The molecule has 4 heteroatoms. The fraction of sp³-hybridized carbons (Fsp3) is 0.100. The van der Waals surface area contributed by atoms with Crippen LogP contribution in [0.5, 0.6) is 0 Å². The van der Waals surface area contributed by atoms with E-state index in [4.69, 9.17) is 10.2 Å². The van der Waals surface area contributed by atoms with Crippen molar-refractivity contribution in [3.8, 4) is 11.3 Å². The molecule has 0 radical (unpaired) electrons. The Balaban J connectivity index is 2.34. The van der Waals surface area contributed by atoms with Crippen molar-refractivity contribution in [2.24, 2.45) is 5.73 Å². The highest BCUT2D eigenvalue weighted by Gasteiger charge is 2.04. The van der Waals surface area contributed by atoms with Gasteiger partial charge in [-0.1, -0.05) is 0 Å². The van der Waals surface area contributed by atoms with Gasteiger partial charge in [-0.15, -0.1) is 0 Å². The van der Waals surface area contributed by atoms with Gasteiger partial charge in [0.25, 0.3) is 0 Å². The van der Waals surface area contributed by atoms with E-state index in [1.807, 2.05) is 0 Å². The zero-order valence-corrected chi connectivity index (χ0v) is 7.40. The molecule has 0 saturated heterocycles. The fourth-order valence-electron chi connectivity index (χ4n) is 1.15. The third-order valence-electron chi connectivity index (χ3n) is 1.86. The summed E-state index contributed by atoms with van der Waals surface area (Å²) >= 11 is 0. The Morgan fingerprint density at radius 1 is 1.29 bits per heavy atom. The minimum atomic E-state index is -0.271. The fourth-order valence-corrected chi connectivity index (χ4v) is 1.15. The maximum atomic E-state index is 12.6. The molecule has 0 aliphatic carbocycles. The standard InChI is InChI=1S/C10H9FN2O/c11-8-3-1-7(2-4-8)9-6-13-10(5-12)14-9/h1-4,6H,5,12H2. The number of hydrogen-bond donors (Lipinski definition) is 1. The molecule has 0 aliphatic rings. The number of benzene rings is 1. The first-order chi connectivity index (χ1) is 6.79. The SMILES string of the molecule is NCc1ncc(-c2ccc(F)cc2)o1. The van der Waals surface area contributed by atoms with Crippen molar-refractivity contribution in [1.29, 1.82) is 0 Å². The van der Waals surface area contributed by atoms with Crippen molar-refractivity contribution in [1.82, 2.24) is 4.98 Å². The maximum absolute atomic E-state index is 12.6. The Morgan fingerprint density at radius 3 is 2.57 bits per heavy atom. The summed E-state index contributed by atoms with van der Waals surface area (Å²) in [6.07, 6.45) is 1.58. The van der Waals surface area contributed by atoms with E-state index in [0.29, 0.717) is 11.7 Å². The van der Waals surface area contributed by atoms with E-state index in [1.54, 1.807) is 18.3 Å². The second-order valence-electron chi connectivity index (χ2n) is 2.83. The van der Waals surface area contributed by atoms with Crippen LogP contribution in [-0.4, -0.2) is 4.98 Å². The third kappa shape index (κ3) is 1.65. The monoisotopic (exact) mass is 192 g/mol. The van der Waals surface area contributed by atoms with Crippen LogP contribution >= 0.6 is 0 Å². The first kappa shape index (κ1) is 8.90. The maximum Gasteiger partial charge on any atom is 0.208 e. The van der Waals surface area contributed by atoms with Gasteiger partial charge in [0, 0.05) is 5.56 Å². The van der Waals surface area contributed by atoms with Crippen LogP contribution in [0.25, 0.3) is 11.3 Å². The molecule has 0 bridgehead atoms. The van der Waals surface area contributed by atoms with Crippen LogP contribution in [0.3, 0.4) is 0 Å². The normalized spacial score (nSPS) is 10.4. The van der Waals surface area contributed by atoms with E-state index >= 15 is 0 Å². The number of nitrogens with zero attached hydrogens (tertiary/aromatic N) is 1. The quantitative estimate of drug-likeness (QED) is 0.791. The van der Waals surface area contributed by atoms with Crippen LogP contribution in [0.15, 0.2) is 34.9 Å². The molecule has 14 heavy (non-hydrogen) atoms. The molecular weight excluding hydrogens is 183 g/mol. The first-order valence-corrected chi connectivity index (χ1v) is 4.20. The average molecular weight is 192 g/mol. The first-order valence-electron chi connectivity index (χ1n) is 4.20. The Kier molecular flexibility index (Phi) is 2.28. The Morgan fingerprint density at radius 2 is 2.00 bits per heavy atom. The minimum Gasteiger partial charge on any atom is -0.439 e. The Labute approximate surface area is 80.4 Å². The molecule has 0 amide bonds. The highest BCUT2D eigenvalue weighted by Crippen LogP contribution is 2.20. The lowest BCUT2D eigenvalue weighted by Crippen LogP contribution is -1.94. The van der Waals surface area contributed by atoms with Crippen molar-refractivity contribution >= 4 is 0 Å². The zero-order valence-electron chi connectivity index (χ0n) is 7.40. The van der Waals surface area contributed by atoms with Gasteiger partial charge in [-0.3, -0.25) is 0 Å². The summed E-state index contributed by atoms with van der Waals surface area (Å²) < 4.78 is 17.9. The van der Waals surface area contributed by atoms with Crippen LogP contribution in [0.1, 0.15) is 5.89 Å². The molecule has 72 valence electrons. The third-order valence-corrected chi connectivity index (χ3v) is 1.86. The molecule has 1 aromatic carbocycles. The molecule has 2 rings (SSSR count). The second kappa shape index (κ2) is 3.59. The number of rotatable bonds is 2. The smallest absolute Gasteiger partial charge is 0.208 e. The number of hydrogen-bond acceptors (Lipinski definition) is 3. The van der Waals surface area contributed by atoms with E-state index < -0.39 is 0 Å². The molecule has 2 aromatic rings. The minimum absolute atomic E-state index is 0.265. The van der Waals surface area contributed by atoms with E-state index in [1.165, 1.54) is 12.1 Å². The molecule has 0 aliphatic heterocycles. The molecule has 2 N–H and O–H groups in total. The van der Waals surface area contributed by atoms with Crippen LogP contribution in [-0.2, 0) is 6.54 Å². The topological polar surface area (TPSA) is 52.0 Å². The van der Waals surface area contributed by atoms with Gasteiger partial charge < -0.3 is 10.2 Å². The van der Waals surface area contributed by atoms with Gasteiger partial charge in [-0.05, 0) is 24.3 Å². The van der Waals surface area contributed by atoms with E-state index in [-0.39, 0.29) is 12.4 Å². The molecule has 3 nitrogen and oxygen atoms in total. The molecule has 0 unspecified atom stereocenters. The summed E-state index contributed by atoms with van der Waals surface area (Å²) in [5.74, 6) is 0.807. The van der Waals surface area contributed by atoms with E-state index in [9.17, 15) is 4.39 Å². The highest BCUT2D eigenvalue weighted by molar-refractivity contribution is 5.55. The second-order valence-corrected chi connectivity index (χ2v) is 2.83. The van der Waals surface area contributed by atoms with Gasteiger partial charge >= 0.3 is 0 Å². The number of nitrogens with two attached hydrogens (primary N) is 1. The van der Waals surface area contributed by atoms with Gasteiger partial charge in [-0.25, -0.2) is 9.37 Å². The Hall–Kier alpha value is -1.68. The predicted octanol–water partition coefficient (Wildman–Crippen LogP) is 1.94. The van der Waals surface area contributed by atoms with Crippen molar-refractivity contribution < 1.29 is 8.81 Å². The largest absolute Gasteiger partial charge is 0.439 e. The van der Waals surface area contributed by atoms with Crippen molar-refractivity contribution in [2.75, 3.05) is 0 Å². The van der Waals surface area contributed by atoms with Crippen LogP contribution in [0.2, 0.25) is 0 Å². The lowest BCUT2D eigenvalue weighted by atomic mass is 10.2. The molecule has 0 fully saturated rings. The number of aromatic nitrogens is 1. The van der Waals surface area contributed by atoms with Gasteiger partial charge in [-0.2, -0.15) is 0 Å². The molecule has 0 spiro atoms.